The quantitative estimate of drug-likeness (QED) is 0.776. The summed E-state index contributed by atoms with van der Waals surface area (Å²) < 4.78 is 5.29. The lowest BCUT2D eigenvalue weighted by Gasteiger charge is -2.00. The van der Waals surface area contributed by atoms with Crippen LogP contribution in [0.15, 0.2) is 40.4 Å². The molecule has 0 aliphatic heterocycles. The van der Waals surface area contributed by atoms with Crippen molar-refractivity contribution in [3.63, 3.8) is 0 Å². The van der Waals surface area contributed by atoms with Crippen LogP contribution in [-0.2, 0) is 0 Å². The number of aromatic nitrogens is 2. The van der Waals surface area contributed by atoms with E-state index in [-0.39, 0.29) is 0 Å². The lowest BCUT2D eigenvalue weighted by Crippen LogP contribution is -1.90. The predicted octanol–water partition coefficient (Wildman–Crippen LogP) is 3.70. The van der Waals surface area contributed by atoms with Gasteiger partial charge in [0.25, 0.3) is 0 Å². The largest absolute Gasteiger partial charge is 0.380 e. The summed E-state index contributed by atoms with van der Waals surface area (Å²) in [5.41, 5.74) is 7.25. The van der Waals surface area contributed by atoms with Gasteiger partial charge in [-0.3, -0.25) is 4.98 Å². The van der Waals surface area contributed by atoms with Gasteiger partial charge in [-0.1, -0.05) is 22.8 Å². The monoisotopic (exact) mass is 277 g/mol. The fourth-order valence-electron chi connectivity index (χ4n) is 1.67. The van der Waals surface area contributed by atoms with E-state index < -0.39 is 0 Å². The SMILES string of the molecule is Nc1noc(-c2sccc2Cl)c1-c1ccccn1. The third-order valence-corrected chi connectivity index (χ3v) is 3.80. The van der Waals surface area contributed by atoms with Gasteiger partial charge in [-0.05, 0) is 23.6 Å². The molecule has 0 fully saturated rings. The van der Waals surface area contributed by atoms with Crippen LogP contribution in [0.5, 0.6) is 0 Å². The number of rotatable bonds is 2. The number of halogens is 1. The molecule has 6 heteroatoms. The molecule has 4 nitrogen and oxygen atoms in total. The number of anilines is 1. The van der Waals surface area contributed by atoms with E-state index in [1.165, 1.54) is 11.3 Å². The Labute approximate surface area is 112 Å². The second-order valence-corrected chi connectivity index (χ2v) is 4.91. The molecule has 3 heterocycles. The first-order valence-corrected chi connectivity index (χ1v) is 6.43. The maximum absolute atomic E-state index is 6.10. The minimum absolute atomic E-state index is 0.313. The zero-order valence-corrected chi connectivity index (χ0v) is 10.7. The molecule has 18 heavy (non-hydrogen) atoms. The lowest BCUT2D eigenvalue weighted by molar-refractivity contribution is 0.437. The minimum Gasteiger partial charge on any atom is -0.380 e. The summed E-state index contributed by atoms with van der Waals surface area (Å²) in [7, 11) is 0. The molecule has 2 N–H and O–H groups in total. The van der Waals surface area contributed by atoms with E-state index in [1.807, 2.05) is 29.6 Å². The second-order valence-electron chi connectivity index (χ2n) is 3.58. The number of pyridine rings is 1. The molecule has 0 saturated carbocycles. The standard InChI is InChI=1S/C12H8ClN3OS/c13-7-4-6-18-11(7)10-9(12(14)16-17-10)8-3-1-2-5-15-8/h1-6H,(H2,14,16). The van der Waals surface area contributed by atoms with E-state index in [2.05, 4.69) is 10.1 Å². The van der Waals surface area contributed by atoms with Crippen LogP contribution >= 0.6 is 22.9 Å². The van der Waals surface area contributed by atoms with Gasteiger partial charge >= 0.3 is 0 Å². The van der Waals surface area contributed by atoms with Crippen LogP contribution in [-0.4, -0.2) is 10.1 Å². The summed E-state index contributed by atoms with van der Waals surface area (Å²) in [6.45, 7) is 0. The van der Waals surface area contributed by atoms with Gasteiger partial charge in [-0.15, -0.1) is 11.3 Å². The van der Waals surface area contributed by atoms with Crippen molar-refractivity contribution in [2.24, 2.45) is 0 Å². The van der Waals surface area contributed by atoms with E-state index in [0.29, 0.717) is 22.2 Å². The van der Waals surface area contributed by atoms with Gasteiger partial charge in [-0.2, -0.15) is 0 Å². The molecule has 0 aliphatic rings. The predicted molar refractivity (Wildman–Crippen MR) is 72.5 cm³/mol. The summed E-state index contributed by atoms with van der Waals surface area (Å²) in [5, 5.41) is 6.31. The molecular weight excluding hydrogens is 270 g/mol. The van der Waals surface area contributed by atoms with Crippen molar-refractivity contribution < 1.29 is 4.52 Å². The Morgan fingerprint density at radius 3 is 2.83 bits per heavy atom. The Hall–Kier alpha value is -1.85. The fourth-order valence-corrected chi connectivity index (χ4v) is 2.80. The summed E-state index contributed by atoms with van der Waals surface area (Å²) in [5.74, 6) is 0.874. The molecule has 0 saturated heterocycles. The van der Waals surface area contributed by atoms with Crippen molar-refractivity contribution in [2.75, 3.05) is 5.73 Å². The summed E-state index contributed by atoms with van der Waals surface area (Å²) in [6.07, 6.45) is 1.70. The van der Waals surface area contributed by atoms with Crippen LogP contribution in [0.3, 0.4) is 0 Å². The molecule has 0 unspecified atom stereocenters. The van der Waals surface area contributed by atoms with Crippen LogP contribution in [0.2, 0.25) is 5.02 Å². The average Bonchev–Trinajstić information content (AvgIpc) is 2.96. The topological polar surface area (TPSA) is 64.9 Å². The maximum atomic E-state index is 6.10. The maximum Gasteiger partial charge on any atom is 0.189 e. The van der Waals surface area contributed by atoms with Crippen molar-refractivity contribution in [3.05, 3.63) is 40.9 Å². The highest BCUT2D eigenvalue weighted by Crippen LogP contribution is 2.41. The highest BCUT2D eigenvalue weighted by molar-refractivity contribution is 7.14. The summed E-state index contributed by atoms with van der Waals surface area (Å²) in [6, 6.07) is 7.38. The highest BCUT2D eigenvalue weighted by atomic mass is 35.5. The van der Waals surface area contributed by atoms with Crippen LogP contribution in [0.1, 0.15) is 0 Å². The van der Waals surface area contributed by atoms with Gasteiger partial charge in [-0.25, -0.2) is 0 Å². The average molecular weight is 278 g/mol. The fraction of sp³-hybridized carbons (Fsp3) is 0. The van der Waals surface area contributed by atoms with Crippen molar-refractivity contribution in [3.8, 4) is 21.9 Å². The first-order chi connectivity index (χ1) is 8.77. The number of hydrogen-bond acceptors (Lipinski definition) is 5. The zero-order chi connectivity index (χ0) is 12.5. The molecule has 0 amide bonds. The van der Waals surface area contributed by atoms with E-state index in [0.717, 1.165) is 10.6 Å². The third kappa shape index (κ3) is 1.77. The van der Waals surface area contributed by atoms with Crippen molar-refractivity contribution in [1.29, 1.82) is 0 Å². The molecule has 0 bridgehead atoms. The molecule has 3 aromatic rings. The number of nitrogens with two attached hydrogens (primary N) is 1. The van der Waals surface area contributed by atoms with E-state index >= 15 is 0 Å². The second kappa shape index (κ2) is 4.44. The van der Waals surface area contributed by atoms with Gasteiger partial charge in [0.05, 0.1) is 21.2 Å². The minimum atomic E-state index is 0.313. The van der Waals surface area contributed by atoms with E-state index in [9.17, 15) is 0 Å². The normalized spacial score (nSPS) is 10.7. The first kappa shape index (κ1) is 11.3. The number of thiophene rings is 1. The Morgan fingerprint density at radius 1 is 1.28 bits per heavy atom. The smallest absolute Gasteiger partial charge is 0.189 e. The summed E-state index contributed by atoms with van der Waals surface area (Å²) >= 11 is 7.58. The molecule has 3 rings (SSSR count). The number of hydrogen-bond donors (Lipinski definition) is 1. The molecule has 0 radical (unpaired) electrons. The Balaban J connectivity index is 2.22. The molecule has 3 aromatic heterocycles. The van der Waals surface area contributed by atoms with E-state index in [4.69, 9.17) is 21.9 Å². The molecule has 90 valence electrons. The van der Waals surface area contributed by atoms with Gasteiger partial charge in [0.1, 0.15) is 0 Å². The first-order valence-electron chi connectivity index (χ1n) is 5.17. The van der Waals surface area contributed by atoms with Crippen LogP contribution in [0.4, 0.5) is 5.82 Å². The van der Waals surface area contributed by atoms with E-state index in [1.54, 1.807) is 6.20 Å². The lowest BCUT2D eigenvalue weighted by atomic mass is 10.1. The van der Waals surface area contributed by atoms with Crippen LogP contribution in [0.25, 0.3) is 21.9 Å². The highest BCUT2D eigenvalue weighted by Gasteiger charge is 2.21. The molecule has 0 aliphatic carbocycles. The molecule has 0 aromatic carbocycles. The molecular formula is C12H8ClN3OS. The van der Waals surface area contributed by atoms with Crippen LogP contribution < -0.4 is 5.73 Å². The Bertz CT molecular complexity index is 678. The third-order valence-electron chi connectivity index (χ3n) is 2.46. The zero-order valence-electron chi connectivity index (χ0n) is 9.13. The Morgan fingerprint density at radius 2 is 2.17 bits per heavy atom. The van der Waals surface area contributed by atoms with Crippen molar-refractivity contribution in [2.45, 2.75) is 0 Å². The van der Waals surface area contributed by atoms with Crippen molar-refractivity contribution in [1.82, 2.24) is 10.1 Å². The number of nitrogen functional groups attached to an aromatic ring is 1. The van der Waals surface area contributed by atoms with Crippen molar-refractivity contribution >= 4 is 28.8 Å². The summed E-state index contributed by atoms with van der Waals surface area (Å²) in [4.78, 5) is 5.07. The van der Waals surface area contributed by atoms with Gasteiger partial charge in [0.2, 0.25) is 0 Å². The molecule has 0 spiro atoms. The van der Waals surface area contributed by atoms with Gasteiger partial charge < -0.3 is 10.3 Å². The Kier molecular flexibility index (Phi) is 2.77. The van der Waals surface area contributed by atoms with Gasteiger partial charge in [0, 0.05) is 6.20 Å². The van der Waals surface area contributed by atoms with Gasteiger partial charge in [0.15, 0.2) is 11.6 Å². The van der Waals surface area contributed by atoms with Crippen LogP contribution in [0, 0.1) is 0 Å². The number of nitrogens with zero attached hydrogens (tertiary/aromatic N) is 2. The molecule has 0 atom stereocenters.